The van der Waals surface area contributed by atoms with Gasteiger partial charge in [-0.3, -0.25) is 9.48 Å². The highest BCUT2D eigenvalue weighted by atomic mass is 16.5. The molecule has 18 heavy (non-hydrogen) atoms. The van der Waals surface area contributed by atoms with Gasteiger partial charge in [0.05, 0.1) is 19.1 Å². The van der Waals surface area contributed by atoms with E-state index in [2.05, 4.69) is 15.7 Å². The van der Waals surface area contributed by atoms with Gasteiger partial charge in [0, 0.05) is 25.4 Å². The van der Waals surface area contributed by atoms with Gasteiger partial charge in [-0.2, -0.15) is 5.10 Å². The number of ether oxygens (including phenoxy) is 1. The van der Waals surface area contributed by atoms with Gasteiger partial charge in [0.25, 0.3) is 0 Å². The minimum Gasteiger partial charge on any atom is -0.381 e. The topological polar surface area (TPSA) is 68.2 Å². The predicted molar refractivity (Wildman–Crippen MR) is 68.5 cm³/mol. The molecular formula is C12H20N4O2. The maximum atomic E-state index is 11.6. The summed E-state index contributed by atoms with van der Waals surface area (Å²) >= 11 is 0. The van der Waals surface area contributed by atoms with Crippen molar-refractivity contribution in [1.82, 2.24) is 15.1 Å². The lowest BCUT2D eigenvalue weighted by Crippen LogP contribution is -2.16. The molecule has 0 spiro atoms. The number of hydrogen-bond acceptors (Lipinski definition) is 4. The van der Waals surface area contributed by atoms with Crippen LogP contribution < -0.4 is 10.6 Å². The van der Waals surface area contributed by atoms with E-state index in [0.717, 1.165) is 19.5 Å². The van der Waals surface area contributed by atoms with Crippen LogP contribution in [0.2, 0.25) is 0 Å². The summed E-state index contributed by atoms with van der Waals surface area (Å²) in [5.41, 5.74) is 0. The molecule has 6 heteroatoms. The van der Waals surface area contributed by atoms with Crippen molar-refractivity contribution in [3.05, 3.63) is 12.3 Å². The highest BCUT2D eigenvalue weighted by Gasteiger charge is 2.17. The monoisotopic (exact) mass is 252 g/mol. The molecule has 0 aromatic carbocycles. The van der Waals surface area contributed by atoms with Crippen molar-refractivity contribution in [3.8, 4) is 0 Å². The molecule has 6 nitrogen and oxygen atoms in total. The number of rotatable bonds is 6. The van der Waals surface area contributed by atoms with Crippen molar-refractivity contribution >= 4 is 11.7 Å². The van der Waals surface area contributed by atoms with Gasteiger partial charge < -0.3 is 15.4 Å². The van der Waals surface area contributed by atoms with Gasteiger partial charge >= 0.3 is 0 Å². The van der Waals surface area contributed by atoms with Crippen LogP contribution in [0, 0.1) is 0 Å². The van der Waals surface area contributed by atoms with E-state index in [0.29, 0.717) is 31.5 Å². The summed E-state index contributed by atoms with van der Waals surface area (Å²) < 4.78 is 7.05. The second-order valence-corrected chi connectivity index (χ2v) is 4.32. The van der Waals surface area contributed by atoms with Crippen molar-refractivity contribution < 1.29 is 9.53 Å². The molecule has 2 heterocycles. The van der Waals surface area contributed by atoms with Crippen LogP contribution in [0.1, 0.15) is 25.8 Å². The summed E-state index contributed by atoms with van der Waals surface area (Å²) in [6.45, 7) is 4.97. The standard InChI is InChI=1S/C12H20N4O2/c1-2-18-8-5-12(17)14-11-4-7-16(15-11)10-3-6-13-9-10/h4,7,10,13H,2-3,5-6,8-9H2,1H3,(H,14,15,17)/t10-/m1/s1. The predicted octanol–water partition coefficient (Wildman–Crippen LogP) is 0.783. The Hall–Kier alpha value is -1.40. The summed E-state index contributed by atoms with van der Waals surface area (Å²) in [6.07, 6.45) is 3.36. The van der Waals surface area contributed by atoms with Crippen LogP contribution in [0.5, 0.6) is 0 Å². The quantitative estimate of drug-likeness (QED) is 0.734. The molecule has 2 N–H and O–H groups in total. The Morgan fingerprint density at radius 2 is 2.61 bits per heavy atom. The van der Waals surface area contributed by atoms with Crippen molar-refractivity contribution in [1.29, 1.82) is 0 Å². The van der Waals surface area contributed by atoms with Crippen LogP contribution in [0.4, 0.5) is 5.82 Å². The second kappa shape index (κ2) is 6.51. The fourth-order valence-corrected chi connectivity index (χ4v) is 1.99. The number of carbonyl (C=O) groups is 1. The molecule has 0 saturated carbocycles. The van der Waals surface area contributed by atoms with Crippen LogP contribution >= 0.6 is 0 Å². The Labute approximate surface area is 107 Å². The summed E-state index contributed by atoms with van der Waals surface area (Å²) in [5.74, 6) is 0.557. The third-order valence-electron chi connectivity index (χ3n) is 2.96. The summed E-state index contributed by atoms with van der Waals surface area (Å²) in [5, 5.41) is 10.4. The van der Waals surface area contributed by atoms with E-state index in [9.17, 15) is 4.79 Å². The van der Waals surface area contributed by atoms with Crippen molar-refractivity contribution in [2.24, 2.45) is 0 Å². The average Bonchev–Trinajstić information content (AvgIpc) is 2.98. The Morgan fingerprint density at radius 3 is 3.33 bits per heavy atom. The molecule has 1 atom stereocenters. The molecular weight excluding hydrogens is 232 g/mol. The van der Waals surface area contributed by atoms with Gasteiger partial charge in [0.1, 0.15) is 0 Å². The number of aromatic nitrogens is 2. The first-order chi connectivity index (χ1) is 8.79. The Balaban J connectivity index is 1.80. The molecule has 0 unspecified atom stereocenters. The number of anilines is 1. The van der Waals surface area contributed by atoms with Crippen LogP contribution in [0.15, 0.2) is 12.3 Å². The Morgan fingerprint density at radius 1 is 1.72 bits per heavy atom. The van der Waals surface area contributed by atoms with Gasteiger partial charge in [0.2, 0.25) is 5.91 Å². The molecule has 2 rings (SSSR count). The van der Waals surface area contributed by atoms with E-state index in [1.165, 1.54) is 0 Å². The molecule has 1 saturated heterocycles. The first-order valence-corrected chi connectivity index (χ1v) is 6.43. The smallest absolute Gasteiger partial charge is 0.227 e. The highest BCUT2D eigenvalue weighted by molar-refractivity contribution is 5.89. The number of carbonyl (C=O) groups excluding carboxylic acids is 1. The molecule has 0 radical (unpaired) electrons. The normalized spacial score (nSPS) is 19.1. The van der Waals surface area contributed by atoms with E-state index in [1.807, 2.05) is 23.9 Å². The lowest BCUT2D eigenvalue weighted by molar-refractivity contribution is -0.117. The van der Waals surface area contributed by atoms with Gasteiger partial charge in [-0.1, -0.05) is 0 Å². The molecule has 1 aliphatic rings. The largest absolute Gasteiger partial charge is 0.381 e. The summed E-state index contributed by atoms with van der Waals surface area (Å²) in [6, 6.07) is 2.23. The van der Waals surface area contributed by atoms with Crippen molar-refractivity contribution in [3.63, 3.8) is 0 Å². The third kappa shape index (κ3) is 3.54. The number of nitrogens with one attached hydrogen (secondary N) is 2. The first kappa shape index (κ1) is 13.0. The molecule has 1 aromatic rings. The summed E-state index contributed by atoms with van der Waals surface area (Å²) in [7, 11) is 0. The first-order valence-electron chi connectivity index (χ1n) is 6.43. The van der Waals surface area contributed by atoms with Gasteiger partial charge in [-0.25, -0.2) is 0 Å². The van der Waals surface area contributed by atoms with Gasteiger partial charge in [-0.05, 0) is 19.9 Å². The number of hydrogen-bond donors (Lipinski definition) is 2. The minimum atomic E-state index is -0.0572. The minimum absolute atomic E-state index is 0.0572. The van der Waals surface area contributed by atoms with Gasteiger partial charge in [-0.15, -0.1) is 0 Å². The highest BCUT2D eigenvalue weighted by Crippen LogP contribution is 2.15. The fourth-order valence-electron chi connectivity index (χ4n) is 1.99. The van der Waals surface area contributed by atoms with Gasteiger partial charge in [0.15, 0.2) is 5.82 Å². The molecule has 1 amide bonds. The zero-order valence-corrected chi connectivity index (χ0v) is 10.7. The molecule has 1 aliphatic heterocycles. The van der Waals surface area contributed by atoms with E-state index in [4.69, 9.17) is 4.74 Å². The maximum absolute atomic E-state index is 11.6. The van der Waals surface area contributed by atoms with Crippen LogP contribution in [-0.2, 0) is 9.53 Å². The number of amides is 1. The SMILES string of the molecule is CCOCCC(=O)Nc1ccn([C@@H]2CCNC2)n1. The van der Waals surface area contributed by atoms with Crippen molar-refractivity contribution in [2.75, 3.05) is 31.6 Å². The molecule has 100 valence electrons. The molecule has 0 aliphatic carbocycles. The Kier molecular flexibility index (Phi) is 4.72. The molecule has 1 fully saturated rings. The van der Waals surface area contributed by atoms with Crippen molar-refractivity contribution in [2.45, 2.75) is 25.8 Å². The lowest BCUT2D eigenvalue weighted by atomic mass is 10.3. The van der Waals surface area contributed by atoms with Crippen LogP contribution in [0.25, 0.3) is 0 Å². The lowest BCUT2D eigenvalue weighted by Gasteiger charge is -2.08. The molecule has 0 bridgehead atoms. The third-order valence-corrected chi connectivity index (χ3v) is 2.96. The maximum Gasteiger partial charge on any atom is 0.227 e. The zero-order chi connectivity index (χ0) is 12.8. The summed E-state index contributed by atoms with van der Waals surface area (Å²) in [4.78, 5) is 11.6. The average molecular weight is 252 g/mol. The van der Waals surface area contributed by atoms with Crippen LogP contribution in [-0.4, -0.2) is 42.0 Å². The van der Waals surface area contributed by atoms with E-state index in [-0.39, 0.29) is 5.91 Å². The van der Waals surface area contributed by atoms with E-state index in [1.54, 1.807) is 0 Å². The van der Waals surface area contributed by atoms with Crippen LogP contribution in [0.3, 0.4) is 0 Å². The van der Waals surface area contributed by atoms with E-state index < -0.39 is 0 Å². The number of nitrogens with zero attached hydrogens (tertiary/aromatic N) is 2. The zero-order valence-electron chi connectivity index (χ0n) is 10.7. The second-order valence-electron chi connectivity index (χ2n) is 4.32. The Bertz CT molecular complexity index is 385. The molecule has 1 aromatic heterocycles. The fraction of sp³-hybridized carbons (Fsp3) is 0.667. The van der Waals surface area contributed by atoms with E-state index >= 15 is 0 Å².